The lowest BCUT2D eigenvalue weighted by molar-refractivity contribution is 0.143. The molecule has 0 spiro atoms. The number of fused-ring (bicyclic) bond motifs is 1. The third-order valence-corrected chi connectivity index (χ3v) is 7.32. The molecule has 1 N–H and O–H groups in total. The van der Waals surface area contributed by atoms with Crippen molar-refractivity contribution in [1.82, 2.24) is 4.72 Å². The molecule has 1 aromatic heterocycles. The Hall–Kier alpha value is -1.77. The van der Waals surface area contributed by atoms with Crippen molar-refractivity contribution in [3.63, 3.8) is 0 Å². The molecule has 2 heterocycles. The van der Waals surface area contributed by atoms with Crippen molar-refractivity contribution in [2.45, 2.75) is 42.0 Å². The number of hydrogen-bond acceptors (Lipinski definition) is 6. The fourth-order valence-electron chi connectivity index (χ4n) is 3.14. The largest absolute Gasteiger partial charge is 0.490 e. The van der Waals surface area contributed by atoms with Gasteiger partial charge in [-0.1, -0.05) is 6.07 Å². The van der Waals surface area contributed by atoms with Gasteiger partial charge in [-0.25, -0.2) is 13.1 Å². The summed E-state index contributed by atoms with van der Waals surface area (Å²) < 4.78 is 44.4. The lowest BCUT2D eigenvalue weighted by Crippen LogP contribution is -2.39. The number of sulfonamides is 1. The molecule has 2 aliphatic rings. The normalized spacial score (nSPS) is 22.7. The van der Waals surface area contributed by atoms with Crippen molar-refractivity contribution in [3.05, 3.63) is 35.7 Å². The Morgan fingerprint density at radius 1 is 1.08 bits per heavy atom. The van der Waals surface area contributed by atoms with E-state index in [1.54, 1.807) is 17.5 Å². The highest BCUT2D eigenvalue weighted by Gasteiger charge is 2.27. The summed E-state index contributed by atoms with van der Waals surface area (Å²) in [6, 6.07) is 8.89. The maximum Gasteiger partial charge on any atom is 0.250 e. The molecule has 0 amide bonds. The molecular weight excluding hydrogens is 362 g/mol. The number of thiophene rings is 1. The second-order valence-corrected chi connectivity index (χ2v) is 9.05. The highest BCUT2D eigenvalue weighted by Crippen LogP contribution is 2.36. The summed E-state index contributed by atoms with van der Waals surface area (Å²) in [7, 11) is -3.40. The van der Waals surface area contributed by atoms with E-state index < -0.39 is 10.0 Å². The van der Waals surface area contributed by atoms with Crippen LogP contribution >= 0.6 is 11.3 Å². The van der Waals surface area contributed by atoms with Crippen LogP contribution in [0.15, 0.2) is 39.9 Å². The van der Waals surface area contributed by atoms with Gasteiger partial charge in [0.15, 0.2) is 11.5 Å². The zero-order valence-electron chi connectivity index (χ0n) is 13.5. The SMILES string of the molecule is O=S(=O)(NC1CCC(Oc2ccc3c(c2)OCO3)CC1)c1cccs1. The van der Waals surface area contributed by atoms with Crippen LogP contribution in [0.3, 0.4) is 0 Å². The van der Waals surface area contributed by atoms with Gasteiger partial charge in [-0.05, 0) is 49.3 Å². The molecule has 1 saturated carbocycles. The number of benzene rings is 1. The van der Waals surface area contributed by atoms with E-state index in [1.165, 1.54) is 11.3 Å². The molecule has 0 saturated heterocycles. The minimum absolute atomic E-state index is 0.0382. The van der Waals surface area contributed by atoms with Gasteiger partial charge in [-0.2, -0.15) is 0 Å². The molecule has 0 bridgehead atoms. The van der Waals surface area contributed by atoms with Crippen molar-refractivity contribution >= 4 is 21.4 Å². The van der Waals surface area contributed by atoms with Crippen LogP contribution in [0.4, 0.5) is 0 Å². The average molecular weight is 381 g/mol. The molecule has 1 aromatic carbocycles. The molecule has 4 rings (SSSR count). The summed E-state index contributed by atoms with van der Waals surface area (Å²) in [5.41, 5.74) is 0. The van der Waals surface area contributed by atoms with Crippen LogP contribution in [0, 0.1) is 0 Å². The van der Waals surface area contributed by atoms with E-state index in [0.717, 1.165) is 37.2 Å². The Kier molecular flexibility index (Phi) is 4.58. The maximum atomic E-state index is 12.3. The second kappa shape index (κ2) is 6.86. The zero-order valence-corrected chi connectivity index (χ0v) is 15.1. The molecule has 8 heteroatoms. The molecule has 0 radical (unpaired) electrons. The van der Waals surface area contributed by atoms with Crippen LogP contribution in [-0.4, -0.2) is 27.4 Å². The van der Waals surface area contributed by atoms with Gasteiger partial charge in [-0.15, -0.1) is 11.3 Å². The summed E-state index contributed by atoms with van der Waals surface area (Å²) in [6.07, 6.45) is 3.24. The maximum absolute atomic E-state index is 12.3. The van der Waals surface area contributed by atoms with Crippen molar-refractivity contribution in [2.24, 2.45) is 0 Å². The zero-order chi connectivity index (χ0) is 17.3. The number of rotatable bonds is 5. The number of nitrogens with one attached hydrogen (secondary N) is 1. The molecule has 0 atom stereocenters. The van der Waals surface area contributed by atoms with Gasteiger partial charge >= 0.3 is 0 Å². The molecule has 1 fully saturated rings. The molecule has 25 heavy (non-hydrogen) atoms. The molecule has 134 valence electrons. The Balaban J connectivity index is 1.31. The molecule has 2 aromatic rings. The minimum atomic E-state index is -3.40. The smallest absolute Gasteiger partial charge is 0.250 e. The van der Waals surface area contributed by atoms with Gasteiger partial charge in [0.1, 0.15) is 9.96 Å². The summed E-state index contributed by atoms with van der Waals surface area (Å²) in [5, 5.41) is 1.77. The van der Waals surface area contributed by atoms with Crippen LogP contribution < -0.4 is 18.9 Å². The van der Waals surface area contributed by atoms with E-state index in [-0.39, 0.29) is 18.9 Å². The quantitative estimate of drug-likeness (QED) is 0.861. The van der Waals surface area contributed by atoms with E-state index in [4.69, 9.17) is 14.2 Å². The predicted molar refractivity (Wildman–Crippen MR) is 93.9 cm³/mol. The van der Waals surface area contributed by atoms with E-state index >= 15 is 0 Å². The first kappa shape index (κ1) is 16.7. The lowest BCUT2D eigenvalue weighted by atomic mass is 9.94. The minimum Gasteiger partial charge on any atom is -0.490 e. The van der Waals surface area contributed by atoms with Crippen molar-refractivity contribution in [3.8, 4) is 17.2 Å². The first-order valence-corrected chi connectivity index (χ1v) is 10.6. The lowest BCUT2D eigenvalue weighted by Gasteiger charge is -2.29. The highest BCUT2D eigenvalue weighted by atomic mass is 32.2. The van der Waals surface area contributed by atoms with E-state index in [9.17, 15) is 8.42 Å². The third kappa shape index (κ3) is 3.75. The summed E-state index contributed by atoms with van der Waals surface area (Å²) in [4.78, 5) is 0. The predicted octanol–water partition coefficient (Wildman–Crippen LogP) is 3.15. The van der Waals surface area contributed by atoms with Crippen LogP contribution in [0.5, 0.6) is 17.2 Å². The number of ether oxygens (including phenoxy) is 3. The van der Waals surface area contributed by atoms with Crippen LogP contribution in [0.1, 0.15) is 25.7 Å². The average Bonchev–Trinajstić information content (AvgIpc) is 3.28. The first-order valence-electron chi connectivity index (χ1n) is 8.22. The third-order valence-electron chi connectivity index (χ3n) is 4.40. The monoisotopic (exact) mass is 381 g/mol. The van der Waals surface area contributed by atoms with Gasteiger partial charge in [0.05, 0.1) is 6.10 Å². The fourth-order valence-corrected chi connectivity index (χ4v) is 5.45. The van der Waals surface area contributed by atoms with E-state index in [1.807, 2.05) is 18.2 Å². The van der Waals surface area contributed by atoms with Gasteiger partial charge in [-0.3, -0.25) is 0 Å². The Bertz CT molecular complexity index is 827. The Labute approximate surface area is 150 Å². The highest BCUT2D eigenvalue weighted by molar-refractivity contribution is 7.91. The van der Waals surface area contributed by atoms with Crippen molar-refractivity contribution in [1.29, 1.82) is 0 Å². The molecule has 6 nitrogen and oxygen atoms in total. The summed E-state index contributed by atoms with van der Waals surface area (Å²) in [5.74, 6) is 2.20. The van der Waals surface area contributed by atoms with Crippen molar-refractivity contribution < 1.29 is 22.6 Å². The van der Waals surface area contributed by atoms with Gasteiger partial charge in [0.2, 0.25) is 16.8 Å². The molecule has 1 aliphatic heterocycles. The van der Waals surface area contributed by atoms with Gasteiger partial charge in [0.25, 0.3) is 0 Å². The van der Waals surface area contributed by atoms with Crippen LogP contribution in [-0.2, 0) is 10.0 Å². The fraction of sp³-hybridized carbons (Fsp3) is 0.412. The Morgan fingerprint density at radius 3 is 2.64 bits per heavy atom. The summed E-state index contributed by atoms with van der Waals surface area (Å²) in [6.45, 7) is 0.244. The van der Waals surface area contributed by atoms with Gasteiger partial charge in [0, 0.05) is 12.1 Å². The topological polar surface area (TPSA) is 73.9 Å². The van der Waals surface area contributed by atoms with Crippen LogP contribution in [0.2, 0.25) is 0 Å². The number of hydrogen-bond donors (Lipinski definition) is 1. The second-order valence-electron chi connectivity index (χ2n) is 6.16. The molecule has 1 aliphatic carbocycles. The summed E-state index contributed by atoms with van der Waals surface area (Å²) >= 11 is 1.23. The Morgan fingerprint density at radius 2 is 1.88 bits per heavy atom. The van der Waals surface area contributed by atoms with Crippen molar-refractivity contribution in [2.75, 3.05) is 6.79 Å². The van der Waals surface area contributed by atoms with Gasteiger partial charge < -0.3 is 14.2 Å². The molecular formula is C17H19NO5S2. The van der Waals surface area contributed by atoms with Crippen LogP contribution in [0.25, 0.3) is 0 Å². The standard InChI is InChI=1S/C17H19NO5S2/c19-25(20,17-2-1-9-24-17)18-12-3-5-13(6-4-12)23-14-7-8-15-16(10-14)22-11-21-15/h1-2,7-10,12-13,18H,3-6,11H2. The van der Waals surface area contributed by atoms with E-state index in [0.29, 0.717) is 9.96 Å². The molecule has 0 unspecified atom stereocenters. The van der Waals surface area contributed by atoms with E-state index in [2.05, 4.69) is 4.72 Å². The first-order chi connectivity index (χ1) is 12.1.